The Bertz CT molecular complexity index is 1110. The lowest BCUT2D eigenvalue weighted by molar-refractivity contribution is -0.161. The molecule has 1 saturated heterocycles. The maximum atomic E-state index is 15.2. The molecule has 2 heterocycles. The second kappa shape index (κ2) is 14.0. The van der Waals surface area contributed by atoms with E-state index >= 15 is 8.78 Å². The smallest absolute Gasteiger partial charge is 0.309 e. The van der Waals surface area contributed by atoms with Crippen LogP contribution in [0.1, 0.15) is 79.6 Å². The average Bonchev–Trinajstić information content (AvgIpc) is 2.85. The van der Waals surface area contributed by atoms with E-state index in [4.69, 9.17) is 14.2 Å². The van der Waals surface area contributed by atoms with Gasteiger partial charge < -0.3 is 29.5 Å². The van der Waals surface area contributed by atoms with E-state index in [-0.39, 0.29) is 43.7 Å². The zero-order chi connectivity index (χ0) is 29.3. The molecule has 0 bridgehead atoms. The highest BCUT2D eigenvalue weighted by molar-refractivity contribution is 5.71. The molecule has 1 fully saturated rings. The first-order chi connectivity index (χ1) is 18.9. The Labute approximate surface area is 236 Å². The van der Waals surface area contributed by atoms with Gasteiger partial charge in [0, 0.05) is 24.8 Å². The first-order valence-corrected chi connectivity index (χ1v) is 14.1. The number of aromatic nitrogens is 1. The molecule has 0 atom stereocenters. The van der Waals surface area contributed by atoms with Crippen LogP contribution in [0.2, 0.25) is 0 Å². The van der Waals surface area contributed by atoms with Crippen molar-refractivity contribution in [1.82, 2.24) is 4.98 Å². The lowest BCUT2D eigenvalue weighted by Crippen LogP contribution is -2.46. The second-order valence-electron chi connectivity index (χ2n) is 11.3. The SMILES string of the molecule is CCCCOc1ccc(Nc2cc(F)c(N3CCC(O)(CC(=O)OC(C)(C)C)CC3)c(F)c2)c(OCCCC)n1. The summed E-state index contributed by atoms with van der Waals surface area (Å²) in [5, 5.41) is 13.9. The van der Waals surface area contributed by atoms with Gasteiger partial charge in [0.15, 0.2) is 11.6 Å². The molecule has 1 aliphatic rings. The zero-order valence-electron chi connectivity index (χ0n) is 24.3. The number of halogens is 2. The number of carbonyl (C=O) groups excluding carboxylic acids is 1. The highest BCUT2D eigenvalue weighted by Gasteiger charge is 2.37. The van der Waals surface area contributed by atoms with Gasteiger partial charge in [0.2, 0.25) is 11.8 Å². The zero-order valence-corrected chi connectivity index (χ0v) is 24.3. The third kappa shape index (κ3) is 9.21. The van der Waals surface area contributed by atoms with Gasteiger partial charge in [0.1, 0.15) is 17.0 Å². The molecule has 10 heteroatoms. The summed E-state index contributed by atoms with van der Waals surface area (Å²) in [6, 6.07) is 5.86. The number of benzene rings is 1. The van der Waals surface area contributed by atoms with E-state index in [0.29, 0.717) is 30.7 Å². The molecule has 222 valence electrons. The van der Waals surface area contributed by atoms with Crippen molar-refractivity contribution in [3.05, 3.63) is 35.9 Å². The van der Waals surface area contributed by atoms with E-state index < -0.39 is 28.8 Å². The number of unbranched alkanes of at least 4 members (excludes halogenated alkanes) is 2. The lowest BCUT2D eigenvalue weighted by Gasteiger charge is -2.39. The van der Waals surface area contributed by atoms with Crippen LogP contribution in [0, 0.1) is 11.6 Å². The van der Waals surface area contributed by atoms with Crippen LogP contribution in [0.3, 0.4) is 0 Å². The minimum Gasteiger partial charge on any atom is -0.478 e. The summed E-state index contributed by atoms with van der Waals surface area (Å²) in [6.45, 7) is 10.8. The van der Waals surface area contributed by atoms with Crippen LogP contribution in [-0.4, -0.2) is 53.6 Å². The van der Waals surface area contributed by atoms with Crippen LogP contribution in [0.4, 0.5) is 25.8 Å². The van der Waals surface area contributed by atoms with Crippen molar-refractivity contribution in [1.29, 1.82) is 0 Å². The number of piperidine rings is 1. The van der Waals surface area contributed by atoms with Crippen molar-refractivity contribution in [3.63, 3.8) is 0 Å². The van der Waals surface area contributed by atoms with Gasteiger partial charge in [-0.15, -0.1) is 0 Å². The number of rotatable bonds is 13. The highest BCUT2D eigenvalue weighted by atomic mass is 19.1. The summed E-state index contributed by atoms with van der Waals surface area (Å²) in [4.78, 5) is 18.2. The van der Waals surface area contributed by atoms with Gasteiger partial charge in [-0.2, -0.15) is 4.98 Å². The van der Waals surface area contributed by atoms with E-state index in [2.05, 4.69) is 24.1 Å². The van der Waals surface area contributed by atoms with E-state index in [0.717, 1.165) is 25.7 Å². The number of nitrogens with one attached hydrogen (secondary N) is 1. The van der Waals surface area contributed by atoms with Crippen molar-refractivity contribution in [2.75, 3.05) is 36.5 Å². The predicted octanol–water partition coefficient (Wildman–Crippen LogP) is 6.52. The van der Waals surface area contributed by atoms with Gasteiger partial charge in [-0.25, -0.2) is 8.78 Å². The monoisotopic (exact) mass is 563 g/mol. The Morgan fingerprint density at radius 1 is 1.05 bits per heavy atom. The van der Waals surface area contributed by atoms with Crippen LogP contribution >= 0.6 is 0 Å². The number of ether oxygens (including phenoxy) is 3. The van der Waals surface area contributed by atoms with Gasteiger partial charge in [0.25, 0.3) is 0 Å². The minimum absolute atomic E-state index is 0.162. The van der Waals surface area contributed by atoms with Crippen LogP contribution in [0.5, 0.6) is 11.8 Å². The first-order valence-electron chi connectivity index (χ1n) is 14.1. The van der Waals surface area contributed by atoms with Gasteiger partial charge in [-0.1, -0.05) is 26.7 Å². The van der Waals surface area contributed by atoms with E-state index in [1.165, 1.54) is 12.1 Å². The van der Waals surface area contributed by atoms with Crippen molar-refractivity contribution in [2.45, 2.75) is 90.8 Å². The molecule has 1 aliphatic heterocycles. The topological polar surface area (TPSA) is 93.2 Å². The first kappa shape index (κ1) is 31.4. The van der Waals surface area contributed by atoms with Gasteiger partial charge >= 0.3 is 5.97 Å². The van der Waals surface area contributed by atoms with Crippen LogP contribution in [-0.2, 0) is 9.53 Å². The minimum atomic E-state index is -1.28. The van der Waals surface area contributed by atoms with Crippen molar-refractivity contribution >= 4 is 23.0 Å². The number of carbonyl (C=O) groups is 1. The van der Waals surface area contributed by atoms with E-state index in [1.807, 2.05) is 0 Å². The van der Waals surface area contributed by atoms with Crippen molar-refractivity contribution in [2.24, 2.45) is 0 Å². The molecule has 8 nitrogen and oxygen atoms in total. The fourth-order valence-corrected chi connectivity index (χ4v) is 4.41. The number of esters is 1. The number of hydrogen-bond donors (Lipinski definition) is 2. The fourth-order valence-electron chi connectivity index (χ4n) is 4.41. The summed E-state index contributed by atoms with van der Waals surface area (Å²) in [5.41, 5.74) is -1.42. The Hall–Kier alpha value is -3.14. The molecule has 0 aliphatic carbocycles. The Morgan fingerprint density at radius 3 is 2.23 bits per heavy atom. The largest absolute Gasteiger partial charge is 0.478 e. The molecular weight excluding hydrogens is 520 g/mol. The predicted molar refractivity (Wildman–Crippen MR) is 152 cm³/mol. The molecule has 0 radical (unpaired) electrons. The molecule has 2 N–H and O–H groups in total. The summed E-state index contributed by atoms with van der Waals surface area (Å²) in [6.07, 6.45) is 3.88. The molecule has 0 unspecified atom stereocenters. The standard InChI is InChI=1S/C30H43F2N3O5/c1-6-8-16-38-25-11-10-24(28(34-25)39-17-9-7-2)33-21-18-22(31)27(23(32)19-21)35-14-12-30(37,13-15-35)20-26(36)40-29(3,4)5/h10-11,18-19,33,37H,6-9,12-17,20H2,1-5H3. The lowest BCUT2D eigenvalue weighted by atomic mass is 9.88. The molecule has 2 aromatic rings. The summed E-state index contributed by atoms with van der Waals surface area (Å²) in [7, 11) is 0. The maximum absolute atomic E-state index is 15.2. The second-order valence-corrected chi connectivity index (χ2v) is 11.3. The molecule has 1 aromatic heterocycles. The van der Waals surface area contributed by atoms with Gasteiger partial charge in [0.05, 0.1) is 25.2 Å². The Balaban J connectivity index is 1.70. The normalized spacial score (nSPS) is 15.1. The third-order valence-corrected chi connectivity index (χ3v) is 6.52. The molecule has 40 heavy (non-hydrogen) atoms. The average molecular weight is 564 g/mol. The molecule has 3 rings (SSSR count). The molecule has 0 amide bonds. The van der Waals surface area contributed by atoms with E-state index in [9.17, 15) is 9.90 Å². The van der Waals surface area contributed by atoms with E-state index in [1.54, 1.807) is 37.8 Å². The molecule has 0 saturated carbocycles. The number of nitrogens with zero attached hydrogens (tertiary/aromatic N) is 2. The Kier molecular flexibility index (Phi) is 11.0. The summed E-state index contributed by atoms with van der Waals surface area (Å²) >= 11 is 0. The number of pyridine rings is 1. The fraction of sp³-hybridized carbons (Fsp3) is 0.600. The number of anilines is 3. The quantitative estimate of drug-likeness (QED) is 0.210. The summed E-state index contributed by atoms with van der Waals surface area (Å²) in [5.74, 6) is -1.24. The third-order valence-electron chi connectivity index (χ3n) is 6.52. The number of hydrogen-bond acceptors (Lipinski definition) is 8. The highest BCUT2D eigenvalue weighted by Crippen LogP contribution is 2.35. The Morgan fingerprint density at radius 2 is 1.65 bits per heavy atom. The van der Waals surface area contributed by atoms with Crippen molar-refractivity contribution < 1.29 is 32.9 Å². The van der Waals surface area contributed by atoms with Gasteiger partial charge in [-0.05, 0) is 64.7 Å². The number of aliphatic hydroxyl groups is 1. The van der Waals surface area contributed by atoms with Crippen LogP contribution in [0.25, 0.3) is 0 Å². The maximum Gasteiger partial charge on any atom is 0.309 e. The van der Waals surface area contributed by atoms with Crippen LogP contribution < -0.4 is 19.7 Å². The summed E-state index contributed by atoms with van der Waals surface area (Å²) < 4.78 is 47.3. The molecule has 0 spiro atoms. The molecular formula is C30H43F2N3O5. The van der Waals surface area contributed by atoms with Crippen LogP contribution in [0.15, 0.2) is 24.3 Å². The van der Waals surface area contributed by atoms with Gasteiger partial charge in [-0.3, -0.25) is 4.79 Å². The molecule has 1 aromatic carbocycles. The van der Waals surface area contributed by atoms with Crippen molar-refractivity contribution in [3.8, 4) is 11.8 Å².